The first-order chi connectivity index (χ1) is 16.4. The number of nitrogens with zero attached hydrogens (tertiary/aromatic N) is 5. The highest BCUT2D eigenvalue weighted by atomic mass is 32.1. The van der Waals surface area contributed by atoms with Crippen molar-refractivity contribution in [3.63, 3.8) is 0 Å². The predicted octanol–water partition coefficient (Wildman–Crippen LogP) is 3.57. The Morgan fingerprint density at radius 3 is 2.47 bits per heavy atom. The highest BCUT2D eigenvalue weighted by Gasteiger charge is 2.27. The monoisotopic (exact) mass is 482 g/mol. The average Bonchev–Trinajstić information content (AvgIpc) is 3.34. The van der Waals surface area contributed by atoms with Gasteiger partial charge in [-0.25, -0.2) is 4.98 Å². The Morgan fingerprint density at radius 2 is 1.85 bits per heavy atom. The number of carbonyl (C=O) groups excluding carboxylic acids is 2. The van der Waals surface area contributed by atoms with Gasteiger partial charge in [0.1, 0.15) is 16.9 Å². The fourth-order valence-corrected chi connectivity index (χ4v) is 5.90. The molecule has 1 saturated heterocycles. The van der Waals surface area contributed by atoms with Crippen molar-refractivity contribution in [2.45, 2.75) is 65.3 Å². The molecule has 1 aliphatic heterocycles. The number of piperazine rings is 1. The van der Waals surface area contributed by atoms with E-state index >= 15 is 0 Å². The molecule has 0 atom stereocenters. The summed E-state index contributed by atoms with van der Waals surface area (Å²) in [5.74, 6) is 0.638. The van der Waals surface area contributed by atoms with E-state index in [4.69, 9.17) is 0 Å². The minimum Gasteiger partial charge on any atom is -0.340 e. The van der Waals surface area contributed by atoms with Gasteiger partial charge in [-0.1, -0.05) is 19.3 Å². The molecule has 3 heterocycles. The molecule has 2 aliphatic rings. The summed E-state index contributed by atoms with van der Waals surface area (Å²) < 4.78 is 2.20. The number of rotatable bonds is 6. The average molecular weight is 483 g/mol. The van der Waals surface area contributed by atoms with Crippen LogP contribution in [0.4, 0.5) is 5.82 Å². The Bertz CT molecular complexity index is 1080. The number of thiazole rings is 1. The number of hydrogen-bond donors (Lipinski definition) is 1. The molecule has 2 amide bonds. The van der Waals surface area contributed by atoms with Crippen LogP contribution in [0.5, 0.6) is 0 Å². The summed E-state index contributed by atoms with van der Waals surface area (Å²) in [7, 11) is 0. The minimum atomic E-state index is -0.107. The van der Waals surface area contributed by atoms with Gasteiger partial charge >= 0.3 is 0 Å². The van der Waals surface area contributed by atoms with Crippen LogP contribution in [0.3, 0.4) is 0 Å². The molecule has 2 fully saturated rings. The summed E-state index contributed by atoms with van der Waals surface area (Å²) >= 11 is 1.52. The molecule has 0 spiro atoms. The third-order valence-electron chi connectivity index (χ3n) is 7.13. The first-order valence-electron chi connectivity index (χ1n) is 12.2. The Morgan fingerprint density at radius 1 is 1.15 bits per heavy atom. The van der Waals surface area contributed by atoms with Gasteiger partial charge in [-0.15, -0.1) is 11.3 Å². The second-order valence-corrected chi connectivity index (χ2v) is 10.4. The lowest BCUT2D eigenvalue weighted by Gasteiger charge is -2.34. The summed E-state index contributed by atoms with van der Waals surface area (Å²) in [6.45, 7) is 8.73. The molecule has 0 radical (unpaired) electrons. The van der Waals surface area contributed by atoms with Crippen molar-refractivity contribution < 1.29 is 9.59 Å². The van der Waals surface area contributed by atoms with Crippen molar-refractivity contribution in [2.24, 2.45) is 0 Å². The van der Waals surface area contributed by atoms with Gasteiger partial charge in [-0.05, 0) is 39.2 Å². The lowest BCUT2D eigenvalue weighted by Crippen LogP contribution is -2.50. The molecule has 34 heavy (non-hydrogen) atoms. The molecule has 9 heteroatoms. The van der Waals surface area contributed by atoms with Crippen molar-refractivity contribution >= 4 is 29.0 Å². The Kier molecular flexibility index (Phi) is 7.69. The number of nitriles is 1. The number of amides is 2. The smallest absolute Gasteiger partial charge is 0.239 e. The Hall–Kier alpha value is -2.70. The maximum absolute atomic E-state index is 13.0. The van der Waals surface area contributed by atoms with Gasteiger partial charge in [-0.3, -0.25) is 14.5 Å². The zero-order valence-electron chi connectivity index (χ0n) is 20.4. The minimum absolute atomic E-state index is 0.0911. The lowest BCUT2D eigenvalue weighted by atomic mass is 9.95. The lowest BCUT2D eigenvalue weighted by molar-refractivity contribution is -0.132. The molecule has 8 nitrogen and oxygen atoms in total. The fraction of sp³-hybridized carbons (Fsp3) is 0.600. The maximum atomic E-state index is 13.0. The largest absolute Gasteiger partial charge is 0.340 e. The van der Waals surface area contributed by atoms with Crippen LogP contribution in [0.2, 0.25) is 0 Å². The molecule has 0 unspecified atom stereocenters. The van der Waals surface area contributed by atoms with Gasteiger partial charge in [-0.2, -0.15) is 5.26 Å². The van der Waals surface area contributed by atoms with Crippen LogP contribution in [0, 0.1) is 32.1 Å². The van der Waals surface area contributed by atoms with Crippen molar-refractivity contribution in [1.82, 2.24) is 19.4 Å². The van der Waals surface area contributed by atoms with Crippen LogP contribution in [0.1, 0.15) is 65.7 Å². The van der Waals surface area contributed by atoms with Gasteiger partial charge in [0.25, 0.3) is 0 Å². The van der Waals surface area contributed by atoms with E-state index in [1.807, 2.05) is 31.1 Å². The zero-order chi connectivity index (χ0) is 24.2. The molecular formula is C25H34N6O2S. The summed E-state index contributed by atoms with van der Waals surface area (Å²) in [4.78, 5) is 33.9. The van der Waals surface area contributed by atoms with Crippen molar-refractivity contribution in [1.29, 1.82) is 5.26 Å². The Labute approximate surface area is 205 Å². The van der Waals surface area contributed by atoms with Crippen molar-refractivity contribution in [3.05, 3.63) is 32.9 Å². The van der Waals surface area contributed by atoms with E-state index in [0.717, 1.165) is 34.8 Å². The van der Waals surface area contributed by atoms with Crippen molar-refractivity contribution in [3.8, 4) is 6.07 Å². The Balaban J connectivity index is 1.35. The van der Waals surface area contributed by atoms with Gasteiger partial charge < -0.3 is 14.8 Å². The van der Waals surface area contributed by atoms with E-state index in [1.165, 1.54) is 30.6 Å². The van der Waals surface area contributed by atoms with E-state index in [9.17, 15) is 14.9 Å². The van der Waals surface area contributed by atoms with Crippen LogP contribution in [0.25, 0.3) is 0 Å². The maximum Gasteiger partial charge on any atom is 0.239 e. The zero-order valence-corrected chi connectivity index (χ0v) is 21.2. The molecule has 182 valence electrons. The molecular weight excluding hydrogens is 448 g/mol. The van der Waals surface area contributed by atoms with E-state index in [-0.39, 0.29) is 18.4 Å². The molecule has 1 aliphatic carbocycles. The van der Waals surface area contributed by atoms with Crippen LogP contribution >= 0.6 is 11.3 Å². The van der Waals surface area contributed by atoms with E-state index < -0.39 is 0 Å². The highest BCUT2D eigenvalue weighted by molar-refractivity contribution is 7.09. The third kappa shape index (κ3) is 5.34. The summed E-state index contributed by atoms with van der Waals surface area (Å²) in [5.41, 5.74) is 3.54. The molecule has 1 saturated carbocycles. The van der Waals surface area contributed by atoms with Crippen LogP contribution in [0.15, 0.2) is 5.38 Å². The second kappa shape index (κ2) is 10.7. The topological polar surface area (TPSA) is 94.3 Å². The number of carbonyl (C=O) groups is 2. The molecule has 1 N–H and O–H groups in total. The molecule has 0 bridgehead atoms. The molecule has 4 rings (SSSR count). The van der Waals surface area contributed by atoms with Crippen LogP contribution < -0.4 is 5.32 Å². The summed E-state index contributed by atoms with van der Waals surface area (Å²) in [6.07, 6.45) is 6.12. The van der Waals surface area contributed by atoms with E-state index in [2.05, 4.69) is 25.8 Å². The standard InChI is InChI=1S/C25H34N6O2S/c1-17-16-34-23(27-17)13-24(33)30-11-9-29(10-12-30)15-22(32)28-25-21(14-26)18(2)19(3)31(25)20-7-5-4-6-8-20/h16,20H,4-13,15H2,1-3H3,(H,28,32). The van der Waals surface area contributed by atoms with Gasteiger partial charge in [0.2, 0.25) is 11.8 Å². The molecule has 2 aromatic heterocycles. The fourth-order valence-electron chi connectivity index (χ4n) is 5.14. The quantitative estimate of drug-likeness (QED) is 0.679. The van der Waals surface area contributed by atoms with Crippen molar-refractivity contribution in [2.75, 3.05) is 38.0 Å². The van der Waals surface area contributed by atoms with Crippen LogP contribution in [-0.4, -0.2) is 63.9 Å². The SMILES string of the molecule is Cc1csc(CC(=O)N2CCN(CC(=O)Nc3c(C#N)c(C)c(C)n3C3CCCCC3)CC2)n1. The van der Waals surface area contributed by atoms with Gasteiger partial charge in [0.05, 0.1) is 18.5 Å². The number of nitrogens with one attached hydrogen (secondary N) is 1. The number of aryl methyl sites for hydroxylation is 1. The first-order valence-corrected chi connectivity index (χ1v) is 13.1. The van der Waals surface area contributed by atoms with Gasteiger partial charge in [0.15, 0.2) is 0 Å². The number of anilines is 1. The highest BCUT2D eigenvalue weighted by Crippen LogP contribution is 2.36. The summed E-state index contributed by atoms with van der Waals surface area (Å²) in [5, 5.41) is 15.7. The molecule has 2 aromatic rings. The predicted molar refractivity (Wildman–Crippen MR) is 133 cm³/mol. The van der Waals surface area contributed by atoms with Crippen LogP contribution in [-0.2, 0) is 16.0 Å². The van der Waals surface area contributed by atoms with E-state index in [0.29, 0.717) is 50.0 Å². The normalized spacial score (nSPS) is 17.5. The molecule has 0 aromatic carbocycles. The van der Waals surface area contributed by atoms with E-state index in [1.54, 1.807) is 0 Å². The first kappa shape index (κ1) is 24.4. The number of aromatic nitrogens is 2. The summed E-state index contributed by atoms with van der Waals surface area (Å²) in [6, 6.07) is 2.65. The third-order valence-corrected chi connectivity index (χ3v) is 8.09. The van der Waals surface area contributed by atoms with Gasteiger partial charge in [0, 0.05) is 49.0 Å². The second-order valence-electron chi connectivity index (χ2n) is 9.47. The number of hydrogen-bond acceptors (Lipinski definition) is 6.